The summed E-state index contributed by atoms with van der Waals surface area (Å²) in [7, 11) is 0. The summed E-state index contributed by atoms with van der Waals surface area (Å²) in [6, 6.07) is -1.48. The Morgan fingerprint density at radius 1 is 1.19 bits per heavy atom. The van der Waals surface area contributed by atoms with Crippen LogP contribution in [0.1, 0.15) is 38.5 Å². The third-order valence-corrected chi connectivity index (χ3v) is 3.43. The van der Waals surface area contributed by atoms with Crippen LogP contribution >= 0.6 is 25.3 Å². The number of carboxylic acids is 2. The third kappa shape index (κ3) is 13.5. The average Bonchev–Trinajstić information content (AvgIpc) is 2.33. The van der Waals surface area contributed by atoms with Crippen molar-refractivity contribution in [3.05, 3.63) is 0 Å². The minimum Gasteiger partial charge on any atom is -0.548 e. The van der Waals surface area contributed by atoms with E-state index in [1.165, 1.54) is 0 Å². The summed E-state index contributed by atoms with van der Waals surface area (Å²) in [4.78, 5) is 32.6. The van der Waals surface area contributed by atoms with Crippen LogP contribution in [0, 0.1) is 0 Å². The second kappa shape index (κ2) is 13.8. The molecule has 1 amide bonds. The van der Waals surface area contributed by atoms with E-state index in [2.05, 4.69) is 30.6 Å². The molecule has 2 N–H and O–H groups in total. The standard InChI is InChI=1S/C12H21NO5S2.Na/c14-10(4-2-1-3-8(20)5-6-19)13-9(12(17)18)7-11(15)16;/h8-9,19-20H,1-7H2,(H,13,14)(H,15,16)(H,17,18);/q;+1/p-1/t8?,9-;/m0./s1. The van der Waals surface area contributed by atoms with Gasteiger partial charge in [0.1, 0.15) is 0 Å². The maximum absolute atomic E-state index is 11.5. The molecule has 116 valence electrons. The van der Waals surface area contributed by atoms with Gasteiger partial charge in [0.05, 0.1) is 18.4 Å². The molecular weight excluding hydrogens is 325 g/mol. The first-order chi connectivity index (χ1) is 9.36. The monoisotopic (exact) mass is 345 g/mol. The number of rotatable bonds is 11. The Morgan fingerprint density at radius 3 is 2.29 bits per heavy atom. The van der Waals surface area contributed by atoms with Crippen LogP contribution in [0.5, 0.6) is 0 Å². The van der Waals surface area contributed by atoms with Gasteiger partial charge in [-0.25, -0.2) is 0 Å². The molecule has 0 aliphatic rings. The van der Waals surface area contributed by atoms with Gasteiger partial charge in [-0.15, -0.1) is 0 Å². The fourth-order valence-corrected chi connectivity index (χ4v) is 2.42. The largest absolute Gasteiger partial charge is 1.00 e. The Bertz CT molecular complexity index is 344. The number of carbonyl (C=O) groups excluding carboxylic acids is 2. The molecule has 0 saturated heterocycles. The van der Waals surface area contributed by atoms with Crippen molar-refractivity contribution in [3.63, 3.8) is 0 Å². The van der Waals surface area contributed by atoms with Crippen LogP contribution in [0.25, 0.3) is 0 Å². The van der Waals surface area contributed by atoms with E-state index in [-0.39, 0.29) is 41.2 Å². The van der Waals surface area contributed by atoms with Gasteiger partial charge < -0.3 is 20.3 Å². The molecule has 0 aliphatic heterocycles. The quantitative estimate of drug-likeness (QED) is 0.180. The SMILES string of the molecule is O=C(O)C[C@H](NC(=O)CCCCC(S)CCS)C(=O)[O-].[Na+]. The Balaban J connectivity index is 0. The zero-order chi connectivity index (χ0) is 15.5. The first-order valence-electron chi connectivity index (χ1n) is 6.37. The minimum absolute atomic E-state index is 0. The van der Waals surface area contributed by atoms with Gasteiger partial charge in [0.25, 0.3) is 0 Å². The van der Waals surface area contributed by atoms with Gasteiger partial charge in [-0.1, -0.05) is 6.42 Å². The molecule has 0 heterocycles. The van der Waals surface area contributed by atoms with E-state index in [1.807, 2.05) is 0 Å². The van der Waals surface area contributed by atoms with Crippen molar-refractivity contribution in [2.24, 2.45) is 0 Å². The molecule has 0 aromatic rings. The van der Waals surface area contributed by atoms with Crippen molar-refractivity contribution in [2.75, 3.05) is 5.75 Å². The summed E-state index contributed by atoms with van der Waals surface area (Å²) in [5, 5.41) is 21.6. The molecule has 21 heavy (non-hydrogen) atoms. The number of unbranched alkanes of at least 4 members (excludes halogenated alkanes) is 1. The predicted octanol–water partition coefficient (Wildman–Crippen LogP) is -3.12. The van der Waals surface area contributed by atoms with Crippen molar-refractivity contribution in [1.82, 2.24) is 5.32 Å². The van der Waals surface area contributed by atoms with Crippen LogP contribution in [-0.4, -0.2) is 40.0 Å². The maximum atomic E-state index is 11.5. The number of amides is 1. The van der Waals surface area contributed by atoms with Crippen LogP contribution < -0.4 is 40.0 Å². The summed E-state index contributed by atoms with van der Waals surface area (Å²) in [6.07, 6.45) is 2.62. The molecule has 0 aromatic heterocycles. The van der Waals surface area contributed by atoms with Gasteiger partial charge in [0.15, 0.2) is 0 Å². The van der Waals surface area contributed by atoms with Gasteiger partial charge in [-0.2, -0.15) is 25.3 Å². The Kier molecular flexibility index (Phi) is 15.3. The molecule has 0 bridgehead atoms. The van der Waals surface area contributed by atoms with Crippen molar-refractivity contribution in [3.8, 4) is 0 Å². The number of carbonyl (C=O) groups is 3. The van der Waals surface area contributed by atoms with Gasteiger partial charge in [-0.05, 0) is 25.0 Å². The molecule has 9 heteroatoms. The normalized spacial score (nSPS) is 12.9. The van der Waals surface area contributed by atoms with E-state index in [0.29, 0.717) is 6.42 Å². The number of aliphatic carboxylic acids is 2. The first-order valence-corrected chi connectivity index (χ1v) is 7.52. The topological polar surface area (TPSA) is 107 Å². The molecule has 0 saturated carbocycles. The number of nitrogens with one attached hydrogen (secondary N) is 1. The van der Waals surface area contributed by atoms with Gasteiger partial charge in [0.2, 0.25) is 5.91 Å². The number of carboxylic acid groups (broad SMARTS) is 2. The van der Waals surface area contributed by atoms with E-state index < -0.39 is 30.3 Å². The summed E-state index contributed by atoms with van der Waals surface area (Å²) >= 11 is 8.45. The van der Waals surface area contributed by atoms with Crippen molar-refractivity contribution in [2.45, 2.75) is 49.8 Å². The van der Waals surface area contributed by atoms with Gasteiger partial charge >= 0.3 is 35.5 Å². The second-order valence-electron chi connectivity index (χ2n) is 4.45. The molecule has 0 radical (unpaired) electrons. The Hall–Kier alpha value is 0.110. The molecule has 0 fully saturated rings. The molecule has 0 rings (SSSR count). The van der Waals surface area contributed by atoms with E-state index in [0.717, 1.165) is 25.0 Å². The van der Waals surface area contributed by atoms with Crippen molar-refractivity contribution in [1.29, 1.82) is 0 Å². The molecule has 0 aromatic carbocycles. The van der Waals surface area contributed by atoms with E-state index in [9.17, 15) is 19.5 Å². The Morgan fingerprint density at radius 2 is 1.81 bits per heavy atom. The summed E-state index contributed by atoms with van der Waals surface area (Å²) in [5.74, 6) is -2.61. The first kappa shape index (κ1) is 23.4. The average molecular weight is 345 g/mol. The van der Waals surface area contributed by atoms with Crippen molar-refractivity contribution >= 4 is 43.1 Å². The number of thiol groups is 2. The van der Waals surface area contributed by atoms with Crippen LogP contribution in [0.4, 0.5) is 0 Å². The molecule has 0 aliphatic carbocycles. The molecule has 2 atom stereocenters. The van der Waals surface area contributed by atoms with Crippen LogP contribution in [0.2, 0.25) is 0 Å². The minimum atomic E-state index is -1.59. The zero-order valence-corrected chi connectivity index (χ0v) is 15.9. The van der Waals surface area contributed by atoms with Crippen LogP contribution in [0.15, 0.2) is 0 Å². The second-order valence-corrected chi connectivity index (χ2v) is 5.63. The number of hydrogen-bond acceptors (Lipinski definition) is 6. The smallest absolute Gasteiger partial charge is 0.548 e. The third-order valence-electron chi connectivity index (χ3n) is 2.65. The zero-order valence-electron chi connectivity index (χ0n) is 12.1. The fourth-order valence-electron chi connectivity index (χ4n) is 1.59. The molecule has 1 unspecified atom stereocenters. The van der Waals surface area contributed by atoms with Crippen molar-refractivity contribution < 1.29 is 54.2 Å². The molecular formula is C12H20NNaO5S2. The number of hydrogen-bond donors (Lipinski definition) is 4. The summed E-state index contributed by atoms with van der Waals surface area (Å²) in [6.45, 7) is 0. The van der Waals surface area contributed by atoms with E-state index >= 15 is 0 Å². The van der Waals surface area contributed by atoms with Crippen LogP contribution in [0.3, 0.4) is 0 Å². The van der Waals surface area contributed by atoms with Gasteiger partial charge in [-0.3, -0.25) is 9.59 Å². The maximum Gasteiger partial charge on any atom is 1.00 e. The van der Waals surface area contributed by atoms with E-state index in [1.54, 1.807) is 0 Å². The van der Waals surface area contributed by atoms with E-state index in [4.69, 9.17) is 5.11 Å². The molecule has 6 nitrogen and oxygen atoms in total. The Labute approximate surface area is 157 Å². The molecule has 0 spiro atoms. The predicted molar refractivity (Wildman–Crippen MR) is 78.9 cm³/mol. The summed E-state index contributed by atoms with van der Waals surface area (Å²) < 4.78 is 0. The van der Waals surface area contributed by atoms with Crippen LogP contribution in [-0.2, 0) is 14.4 Å². The fraction of sp³-hybridized carbons (Fsp3) is 0.750. The summed E-state index contributed by atoms with van der Waals surface area (Å²) in [5.41, 5.74) is 0. The van der Waals surface area contributed by atoms with Gasteiger partial charge in [0, 0.05) is 11.7 Å².